The SMILES string of the molecule is CCCc1nn(-c2ccc(OC(F)(F)F)cc2)c2c1CNCC2. The van der Waals surface area contributed by atoms with E-state index >= 15 is 0 Å². The van der Waals surface area contributed by atoms with Gasteiger partial charge in [0.2, 0.25) is 0 Å². The molecule has 0 radical (unpaired) electrons. The number of benzene rings is 1. The third-order valence-corrected chi connectivity index (χ3v) is 3.82. The molecular weight excluding hydrogens is 307 g/mol. The molecule has 124 valence electrons. The smallest absolute Gasteiger partial charge is 0.406 e. The first-order valence-corrected chi connectivity index (χ1v) is 7.64. The number of hydrogen-bond acceptors (Lipinski definition) is 3. The van der Waals surface area contributed by atoms with Gasteiger partial charge in [0.1, 0.15) is 5.75 Å². The van der Waals surface area contributed by atoms with Crippen molar-refractivity contribution in [3.05, 3.63) is 41.2 Å². The van der Waals surface area contributed by atoms with E-state index in [0.29, 0.717) is 0 Å². The first kappa shape index (κ1) is 15.9. The van der Waals surface area contributed by atoms with Crippen molar-refractivity contribution >= 4 is 0 Å². The normalized spacial score (nSPS) is 14.6. The predicted octanol–water partition coefficient (Wildman–Crippen LogP) is 3.37. The van der Waals surface area contributed by atoms with Crippen molar-refractivity contribution in [1.82, 2.24) is 15.1 Å². The summed E-state index contributed by atoms with van der Waals surface area (Å²) in [4.78, 5) is 0. The molecule has 0 atom stereocenters. The largest absolute Gasteiger partial charge is 0.573 e. The number of halogens is 3. The molecular formula is C16H18F3N3O. The van der Waals surface area contributed by atoms with Crippen molar-refractivity contribution in [2.75, 3.05) is 6.54 Å². The molecule has 3 rings (SSSR count). The van der Waals surface area contributed by atoms with Crippen LogP contribution in [0.1, 0.15) is 30.3 Å². The Morgan fingerprint density at radius 2 is 2.00 bits per heavy atom. The fourth-order valence-electron chi connectivity index (χ4n) is 2.86. The number of aromatic nitrogens is 2. The third-order valence-electron chi connectivity index (χ3n) is 3.82. The molecule has 1 N–H and O–H groups in total. The molecule has 7 heteroatoms. The lowest BCUT2D eigenvalue weighted by Gasteiger charge is -2.16. The van der Waals surface area contributed by atoms with Gasteiger partial charge in [-0.05, 0) is 30.7 Å². The standard InChI is InChI=1S/C16H18F3N3O/c1-2-3-14-13-10-20-9-8-15(13)22(21-14)11-4-6-12(7-5-11)23-16(17,18)19/h4-7,20H,2-3,8-10H2,1H3. The van der Waals surface area contributed by atoms with Gasteiger partial charge in [-0.2, -0.15) is 5.10 Å². The van der Waals surface area contributed by atoms with Gasteiger partial charge in [-0.1, -0.05) is 13.3 Å². The van der Waals surface area contributed by atoms with Crippen molar-refractivity contribution in [3.8, 4) is 11.4 Å². The molecule has 0 spiro atoms. The molecule has 0 unspecified atom stereocenters. The summed E-state index contributed by atoms with van der Waals surface area (Å²) < 4.78 is 42.4. The van der Waals surface area contributed by atoms with Gasteiger partial charge >= 0.3 is 6.36 Å². The number of hydrogen-bond donors (Lipinski definition) is 1. The fourth-order valence-corrected chi connectivity index (χ4v) is 2.86. The number of aryl methyl sites for hydroxylation is 1. The second-order valence-electron chi connectivity index (χ2n) is 5.50. The van der Waals surface area contributed by atoms with Crippen LogP contribution in [0.15, 0.2) is 24.3 Å². The summed E-state index contributed by atoms with van der Waals surface area (Å²) in [6.45, 7) is 3.77. The van der Waals surface area contributed by atoms with Crippen LogP contribution in [0.25, 0.3) is 5.69 Å². The third kappa shape index (κ3) is 3.50. The Morgan fingerprint density at radius 1 is 1.26 bits per heavy atom. The highest BCUT2D eigenvalue weighted by Crippen LogP contribution is 2.26. The Bertz CT molecular complexity index is 677. The van der Waals surface area contributed by atoms with Crippen molar-refractivity contribution in [3.63, 3.8) is 0 Å². The molecule has 0 amide bonds. The average Bonchev–Trinajstić information content (AvgIpc) is 2.86. The predicted molar refractivity (Wildman–Crippen MR) is 79.7 cm³/mol. The summed E-state index contributed by atoms with van der Waals surface area (Å²) >= 11 is 0. The maximum absolute atomic E-state index is 12.2. The van der Waals surface area contributed by atoms with E-state index in [9.17, 15) is 13.2 Å². The van der Waals surface area contributed by atoms with Gasteiger partial charge in [0.05, 0.1) is 17.1 Å². The molecule has 2 aromatic rings. The van der Waals surface area contributed by atoms with Crippen LogP contribution in [0, 0.1) is 0 Å². The summed E-state index contributed by atoms with van der Waals surface area (Å²) in [5, 5.41) is 8.01. The second-order valence-corrected chi connectivity index (χ2v) is 5.50. The molecule has 0 bridgehead atoms. The van der Waals surface area contributed by atoms with Gasteiger partial charge in [0, 0.05) is 25.1 Å². The molecule has 0 fully saturated rings. The molecule has 0 aliphatic carbocycles. The number of rotatable bonds is 4. The van der Waals surface area contributed by atoms with E-state index < -0.39 is 6.36 Å². The Labute approximate surface area is 132 Å². The highest BCUT2D eigenvalue weighted by Gasteiger charge is 2.31. The molecule has 2 heterocycles. The molecule has 1 aromatic carbocycles. The zero-order valence-electron chi connectivity index (χ0n) is 12.8. The monoisotopic (exact) mass is 325 g/mol. The van der Waals surface area contributed by atoms with Gasteiger partial charge in [-0.25, -0.2) is 4.68 Å². The van der Waals surface area contributed by atoms with Gasteiger partial charge in [0.25, 0.3) is 0 Å². The van der Waals surface area contributed by atoms with Gasteiger partial charge < -0.3 is 10.1 Å². The molecule has 4 nitrogen and oxygen atoms in total. The summed E-state index contributed by atoms with van der Waals surface area (Å²) in [6.07, 6.45) is -1.92. The van der Waals surface area contributed by atoms with E-state index in [-0.39, 0.29) is 5.75 Å². The zero-order chi connectivity index (χ0) is 16.4. The Kier molecular flexibility index (Phi) is 4.30. The van der Waals surface area contributed by atoms with Crippen LogP contribution >= 0.6 is 0 Å². The fraction of sp³-hybridized carbons (Fsp3) is 0.438. The maximum Gasteiger partial charge on any atom is 0.573 e. The molecule has 1 aliphatic heterocycles. The lowest BCUT2D eigenvalue weighted by atomic mass is 10.0. The molecule has 1 aromatic heterocycles. The van der Waals surface area contributed by atoms with Crippen molar-refractivity contribution < 1.29 is 17.9 Å². The highest BCUT2D eigenvalue weighted by atomic mass is 19.4. The lowest BCUT2D eigenvalue weighted by molar-refractivity contribution is -0.274. The summed E-state index contributed by atoms with van der Waals surface area (Å²) in [5.41, 5.74) is 4.16. The quantitative estimate of drug-likeness (QED) is 0.937. The van der Waals surface area contributed by atoms with Crippen molar-refractivity contribution in [1.29, 1.82) is 0 Å². The minimum atomic E-state index is -4.67. The second kappa shape index (κ2) is 6.23. The van der Waals surface area contributed by atoms with Gasteiger partial charge in [-0.15, -0.1) is 13.2 Å². The number of fused-ring (bicyclic) bond motifs is 1. The Morgan fingerprint density at radius 3 is 2.65 bits per heavy atom. The van der Waals surface area contributed by atoms with Crippen LogP contribution in [-0.4, -0.2) is 22.7 Å². The minimum absolute atomic E-state index is 0.224. The van der Waals surface area contributed by atoms with Crippen molar-refractivity contribution in [2.45, 2.75) is 39.1 Å². The van der Waals surface area contributed by atoms with Crippen LogP contribution in [-0.2, 0) is 19.4 Å². The Balaban J connectivity index is 1.92. The number of alkyl halides is 3. The van der Waals surface area contributed by atoms with Gasteiger partial charge in [-0.3, -0.25) is 0 Å². The van der Waals surface area contributed by atoms with E-state index in [1.807, 2.05) is 4.68 Å². The van der Waals surface area contributed by atoms with Crippen LogP contribution in [0.5, 0.6) is 5.75 Å². The maximum atomic E-state index is 12.2. The summed E-state index contributed by atoms with van der Waals surface area (Å²) in [7, 11) is 0. The van der Waals surface area contributed by atoms with Crippen molar-refractivity contribution in [2.24, 2.45) is 0 Å². The Hall–Kier alpha value is -2.02. The molecule has 1 aliphatic rings. The van der Waals surface area contributed by atoms with E-state index in [4.69, 9.17) is 0 Å². The molecule has 0 saturated heterocycles. The molecule has 0 saturated carbocycles. The zero-order valence-corrected chi connectivity index (χ0v) is 12.8. The number of nitrogens with one attached hydrogen (secondary N) is 1. The molecule has 23 heavy (non-hydrogen) atoms. The van der Waals surface area contributed by atoms with Crippen LogP contribution in [0.2, 0.25) is 0 Å². The first-order valence-electron chi connectivity index (χ1n) is 7.64. The van der Waals surface area contributed by atoms with E-state index in [1.54, 1.807) is 12.1 Å². The van der Waals surface area contributed by atoms with Crippen LogP contribution in [0.3, 0.4) is 0 Å². The summed E-state index contributed by atoms with van der Waals surface area (Å²) in [6, 6.07) is 5.84. The minimum Gasteiger partial charge on any atom is -0.406 e. The topological polar surface area (TPSA) is 39.1 Å². The first-order chi connectivity index (χ1) is 11.0. The number of nitrogens with zero attached hydrogens (tertiary/aromatic N) is 2. The van der Waals surface area contributed by atoms with E-state index in [2.05, 4.69) is 22.1 Å². The van der Waals surface area contributed by atoms with E-state index in [1.165, 1.54) is 17.7 Å². The van der Waals surface area contributed by atoms with E-state index in [0.717, 1.165) is 49.4 Å². The van der Waals surface area contributed by atoms with Crippen LogP contribution in [0.4, 0.5) is 13.2 Å². The van der Waals surface area contributed by atoms with Gasteiger partial charge in [0.15, 0.2) is 0 Å². The average molecular weight is 325 g/mol. The summed E-state index contributed by atoms with van der Waals surface area (Å²) in [5.74, 6) is -0.224. The number of ether oxygens (including phenoxy) is 1. The lowest BCUT2D eigenvalue weighted by Crippen LogP contribution is -2.25. The highest BCUT2D eigenvalue weighted by molar-refractivity contribution is 5.41. The van der Waals surface area contributed by atoms with Crippen LogP contribution < -0.4 is 10.1 Å².